The summed E-state index contributed by atoms with van der Waals surface area (Å²) in [6.07, 6.45) is 6.83. The Kier molecular flexibility index (Phi) is 4.20. The maximum absolute atomic E-state index is 11.5. The molecule has 0 radical (unpaired) electrons. The van der Waals surface area contributed by atoms with Crippen molar-refractivity contribution in [2.24, 2.45) is 5.92 Å². The van der Waals surface area contributed by atoms with Crippen LogP contribution >= 0.6 is 12.4 Å². The van der Waals surface area contributed by atoms with Gasteiger partial charge in [-0.15, -0.1) is 12.4 Å². The average molecular weight is 204 g/mol. The monoisotopic (exact) mass is 203 g/mol. The van der Waals surface area contributed by atoms with Crippen molar-refractivity contribution in [3.05, 3.63) is 0 Å². The summed E-state index contributed by atoms with van der Waals surface area (Å²) in [5.74, 6) is 0.877. The summed E-state index contributed by atoms with van der Waals surface area (Å²) in [7, 11) is 0. The van der Waals surface area contributed by atoms with E-state index in [9.17, 15) is 4.79 Å². The Morgan fingerprint density at radius 3 is 2.62 bits per heavy atom. The molecule has 13 heavy (non-hydrogen) atoms. The molecule has 0 spiro atoms. The molecule has 1 saturated heterocycles. The molecule has 2 nitrogen and oxygen atoms in total. The number of ketones is 1. The van der Waals surface area contributed by atoms with Crippen molar-refractivity contribution < 1.29 is 4.79 Å². The van der Waals surface area contributed by atoms with Gasteiger partial charge in [0.25, 0.3) is 0 Å². The second kappa shape index (κ2) is 4.97. The fourth-order valence-electron chi connectivity index (χ4n) is 2.49. The summed E-state index contributed by atoms with van der Waals surface area (Å²) in [4.78, 5) is 11.5. The Labute approximate surface area is 85.9 Å². The van der Waals surface area contributed by atoms with Crippen LogP contribution in [0.15, 0.2) is 0 Å². The van der Waals surface area contributed by atoms with Crippen LogP contribution in [0.1, 0.15) is 38.5 Å². The van der Waals surface area contributed by atoms with Gasteiger partial charge in [-0.25, -0.2) is 0 Å². The fraction of sp³-hybridized carbons (Fsp3) is 0.900. The fourth-order valence-corrected chi connectivity index (χ4v) is 2.49. The van der Waals surface area contributed by atoms with E-state index >= 15 is 0 Å². The highest BCUT2D eigenvalue weighted by molar-refractivity contribution is 5.85. The van der Waals surface area contributed by atoms with Crippen molar-refractivity contribution in [3.8, 4) is 0 Å². The Balaban J connectivity index is 0.000000845. The van der Waals surface area contributed by atoms with Gasteiger partial charge in [0.2, 0.25) is 0 Å². The van der Waals surface area contributed by atoms with Gasteiger partial charge in [-0.05, 0) is 32.2 Å². The highest BCUT2D eigenvalue weighted by Gasteiger charge is 2.31. The summed E-state index contributed by atoms with van der Waals surface area (Å²) in [5, 5.41) is 3.44. The summed E-state index contributed by atoms with van der Waals surface area (Å²) in [5.41, 5.74) is 0. The predicted octanol–water partition coefficient (Wildman–Crippen LogP) is 1.92. The molecule has 0 aromatic carbocycles. The van der Waals surface area contributed by atoms with Crippen LogP contribution in [-0.4, -0.2) is 18.4 Å². The normalized spacial score (nSPS) is 34.3. The number of halogens is 1. The lowest BCUT2D eigenvalue weighted by molar-refractivity contribution is -0.125. The predicted molar refractivity (Wildman–Crippen MR) is 55.2 cm³/mol. The van der Waals surface area contributed by atoms with E-state index in [-0.39, 0.29) is 12.4 Å². The van der Waals surface area contributed by atoms with Gasteiger partial charge in [-0.3, -0.25) is 4.79 Å². The molecule has 2 unspecified atom stereocenters. The quantitative estimate of drug-likeness (QED) is 0.706. The zero-order valence-corrected chi connectivity index (χ0v) is 8.74. The zero-order valence-electron chi connectivity index (χ0n) is 7.92. The van der Waals surface area contributed by atoms with Crippen molar-refractivity contribution in [2.75, 3.05) is 6.54 Å². The molecule has 0 amide bonds. The Bertz CT molecular complexity index is 178. The van der Waals surface area contributed by atoms with Crippen LogP contribution in [-0.2, 0) is 4.79 Å². The number of rotatable bonds is 1. The molecule has 1 N–H and O–H groups in total. The van der Waals surface area contributed by atoms with E-state index in [2.05, 4.69) is 5.32 Å². The van der Waals surface area contributed by atoms with Crippen LogP contribution in [0.5, 0.6) is 0 Å². The third-order valence-electron chi connectivity index (χ3n) is 3.19. The van der Waals surface area contributed by atoms with Gasteiger partial charge in [0.15, 0.2) is 0 Å². The maximum atomic E-state index is 11.5. The Morgan fingerprint density at radius 2 is 2.00 bits per heavy atom. The summed E-state index contributed by atoms with van der Waals surface area (Å²) >= 11 is 0. The van der Waals surface area contributed by atoms with Crippen LogP contribution in [0.25, 0.3) is 0 Å². The zero-order chi connectivity index (χ0) is 8.39. The van der Waals surface area contributed by atoms with Crippen molar-refractivity contribution in [1.29, 1.82) is 0 Å². The molecule has 3 heteroatoms. The SMILES string of the molecule is Cl.O=C1CCCCC1C1CCCN1. The number of Topliss-reactive ketones (excluding diaryl/α,β-unsaturated/α-hetero) is 1. The van der Waals surface area contributed by atoms with Gasteiger partial charge in [0.05, 0.1) is 0 Å². The van der Waals surface area contributed by atoms with Gasteiger partial charge in [-0.1, -0.05) is 6.42 Å². The van der Waals surface area contributed by atoms with E-state index < -0.39 is 0 Å². The van der Waals surface area contributed by atoms with Gasteiger partial charge < -0.3 is 5.32 Å². The van der Waals surface area contributed by atoms with Crippen molar-refractivity contribution in [1.82, 2.24) is 5.32 Å². The van der Waals surface area contributed by atoms with Gasteiger partial charge >= 0.3 is 0 Å². The second-order valence-electron chi connectivity index (χ2n) is 4.02. The summed E-state index contributed by atoms with van der Waals surface area (Å²) < 4.78 is 0. The van der Waals surface area contributed by atoms with Gasteiger partial charge in [-0.2, -0.15) is 0 Å². The third kappa shape index (κ3) is 2.44. The first kappa shape index (κ1) is 11.0. The van der Waals surface area contributed by atoms with Crippen LogP contribution in [0.2, 0.25) is 0 Å². The molecule has 0 aromatic rings. The standard InChI is InChI=1S/C10H17NO.ClH/c12-10-6-2-1-4-8(10)9-5-3-7-11-9;/h8-9,11H,1-7H2;1H. The lowest BCUT2D eigenvalue weighted by Crippen LogP contribution is -2.37. The van der Waals surface area contributed by atoms with Crippen LogP contribution < -0.4 is 5.32 Å². The molecule has 2 aliphatic rings. The van der Waals surface area contributed by atoms with E-state index in [1.807, 2.05) is 0 Å². The first-order valence-electron chi connectivity index (χ1n) is 5.14. The minimum absolute atomic E-state index is 0. The molecular formula is C10H18ClNO. The number of nitrogens with one attached hydrogen (secondary N) is 1. The molecule has 2 atom stereocenters. The van der Waals surface area contributed by atoms with Crippen LogP contribution in [0.4, 0.5) is 0 Å². The minimum Gasteiger partial charge on any atom is -0.313 e. The lowest BCUT2D eigenvalue weighted by Gasteiger charge is -2.25. The van der Waals surface area contributed by atoms with Crippen molar-refractivity contribution >= 4 is 18.2 Å². The van der Waals surface area contributed by atoms with Crippen LogP contribution in [0, 0.1) is 5.92 Å². The first-order chi connectivity index (χ1) is 5.88. The van der Waals surface area contributed by atoms with E-state index in [0.717, 1.165) is 25.8 Å². The molecule has 0 bridgehead atoms. The Hall–Kier alpha value is -0.0800. The molecule has 76 valence electrons. The highest BCUT2D eigenvalue weighted by Crippen LogP contribution is 2.27. The number of hydrogen-bond donors (Lipinski definition) is 1. The molecule has 1 heterocycles. The van der Waals surface area contributed by atoms with E-state index in [1.54, 1.807) is 0 Å². The first-order valence-corrected chi connectivity index (χ1v) is 5.14. The van der Waals surface area contributed by atoms with E-state index in [0.29, 0.717) is 17.7 Å². The smallest absolute Gasteiger partial charge is 0.137 e. The third-order valence-corrected chi connectivity index (χ3v) is 3.19. The molecule has 0 aromatic heterocycles. The van der Waals surface area contributed by atoms with Gasteiger partial charge in [0.1, 0.15) is 5.78 Å². The van der Waals surface area contributed by atoms with Crippen molar-refractivity contribution in [3.63, 3.8) is 0 Å². The highest BCUT2D eigenvalue weighted by atomic mass is 35.5. The maximum Gasteiger partial charge on any atom is 0.137 e. The van der Waals surface area contributed by atoms with Gasteiger partial charge in [0, 0.05) is 18.4 Å². The number of carbonyl (C=O) groups is 1. The second-order valence-corrected chi connectivity index (χ2v) is 4.02. The topological polar surface area (TPSA) is 29.1 Å². The molecule has 2 fully saturated rings. The van der Waals surface area contributed by atoms with E-state index in [1.165, 1.54) is 19.3 Å². The van der Waals surface area contributed by atoms with E-state index in [4.69, 9.17) is 0 Å². The summed E-state index contributed by atoms with van der Waals surface area (Å²) in [6, 6.07) is 0.526. The lowest BCUT2D eigenvalue weighted by atomic mass is 9.82. The number of carbonyl (C=O) groups excluding carboxylic acids is 1. The van der Waals surface area contributed by atoms with Crippen LogP contribution in [0.3, 0.4) is 0 Å². The number of hydrogen-bond acceptors (Lipinski definition) is 2. The largest absolute Gasteiger partial charge is 0.313 e. The summed E-state index contributed by atoms with van der Waals surface area (Å²) in [6.45, 7) is 1.12. The molecular weight excluding hydrogens is 186 g/mol. The minimum atomic E-state index is 0. The molecule has 1 aliphatic heterocycles. The molecule has 2 rings (SSSR count). The average Bonchev–Trinajstić information content (AvgIpc) is 2.57. The Morgan fingerprint density at radius 1 is 1.15 bits per heavy atom. The molecule has 1 saturated carbocycles. The van der Waals surface area contributed by atoms with Crippen molar-refractivity contribution in [2.45, 2.75) is 44.6 Å². The molecule has 1 aliphatic carbocycles.